The third-order valence-electron chi connectivity index (χ3n) is 6.86. The van der Waals surface area contributed by atoms with Gasteiger partial charge in [0.1, 0.15) is 0 Å². The summed E-state index contributed by atoms with van der Waals surface area (Å²) < 4.78 is 0. The van der Waals surface area contributed by atoms with E-state index in [1.54, 1.807) is 0 Å². The van der Waals surface area contributed by atoms with Gasteiger partial charge < -0.3 is 9.88 Å². The number of benzene rings is 1. The maximum Gasteiger partial charge on any atom is 0.253 e. The molecule has 3 aromatic rings. The summed E-state index contributed by atoms with van der Waals surface area (Å²) >= 11 is 0. The first-order valence-corrected chi connectivity index (χ1v) is 10.9. The van der Waals surface area contributed by atoms with Crippen LogP contribution in [0.4, 0.5) is 0 Å². The molecule has 1 aliphatic carbocycles. The number of aromatic amines is 1. The Labute approximate surface area is 172 Å². The Morgan fingerprint density at radius 1 is 1.14 bits per heavy atom. The van der Waals surface area contributed by atoms with Crippen molar-refractivity contribution < 1.29 is 4.79 Å². The second kappa shape index (κ2) is 7.01. The van der Waals surface area contributed by atoms with Crippen LogP contribution in [0.2, 0.25) is 0 Å². The minimum atomic E-state index is 0.193. The Morgan fingerprint density at radius 2 is 1.90 bits per heavy atom. The number of pyridine rings is 1. The molecule has 1 saturated heterocycles. The second-order valence-corrected chi connectivity index (χ2v) is 9.18. The summed E-state index contributed by atoms with van der Waals surface area (Å²) in [6, 6.07) is 10.3. The highest BCUT2D eigenvalue weighted by atomic mass is 16.2. The van der Waals surface area contributed by atoms with Crippen LogP contribution >= 0.6 is 0 Å². The molecule has 4 nitrogen and oxygen atoms in total. The lowest BCUT2D eigenvalue weighted by molar-refractivity contribution is 0.0781. The molecule has 4 heteroatoms. The summed E-state index contributed by atoms with van der Waals surface area (Å²) in [5.74, 6) is 1.99. The van der Waals surface area contributed by atoms with Crippen molar-refractivity contribution in [3.63, 3.8) is 0 Å². The second-order valence-electron chi connectivity index (χ2n) is 9.18. The van der Waals surface area contributed by atoms with Gasteiger partial charge in [0.05, 0.1) is 5.69 Å². The van der Waals surface area contributed by atoms with Gasteiger partial charge in [0.25, 0.3) is 5.91 Å². The Hall–Kier alpha value is -2.62. The summed E-state index contributed by atoms with van der Waals surface area (Å²) in [6.07, 6.45) is 5.77. The maximum absolute atomic E-state index is 13.2. The van der Waals surface area contributed by atoms with E-state index in [9.17, 15) is 4.79 Å². The molecule has 150 valence electrons. The number of nitrogens with one attached hydrogen (secondary N) is 1. The minimum absolute atomic E-state index is 0.193. The zero-order valence-electron chi connectivity index (χ0n) is 17.5. The molecular weight excluding hydrogens is 358 g/mol. The highest BCUT2D eigenvalue weighted by Gasteiger charge is 2.38. The zero-order chi connectivity index (χ0) is 20.1. The lowest BCUT2D eigenvalue weighted by Crippen LogP contribution is -2.29. The van der Waals surface area contributed by atoms with Gasteiger partial charge in [-0.15, -0.1) is 0 Å². The van der Waals surface area contributed by atoms with E-state index in [1.165, 1.54) is 24.8 Å². The molecule has 2 aromatic heterocycles. The summed E-state index contributed by atoms with van der Waals surface area (Å²) in [5, 5.41) is 1.16. The number of nitrogens with zero attached hydrogens (tertiary/aromatic N) is 2. The number of rotatable bonds is 3. The Bertz CT molecular complexity index is 1070. The van der Waals surface area contributed by atoms with Crippen LogP contribution in [0, 0.1) is 18.8 Å². The number of aryl methyl sites for hydroxylation is 1. The molecule has 2 unspecified atom stereocenters. The Morgan fingerprint density at radius 3 is 2.59 bits per heavy atom. The number of likely N-dealkylation sites (tertiary alicyclic amines) is 1. The van der Waals surface area contributed by atoms with Gasteiger partial charge in [-0.3, -0.25) is 9.78 Å². The molecule has 0 radical (unpaired) electrons. The number of hydrogen-bond acceptors (Lipinski definition) is 2. The van der Waals surface area contributed by atoms with Gasteiger partial charge in [0.15, 0.2) is 0 Å². The van der Waals surface area contributed by atoms with E-state index in [4.69, 9.17) is 0 Å². The molecule has 2 fully saturated rings. The zero-order valence-corrected chi connectivity index (χ0v) is 17.5. The number of hydrogen-bond donors (Lipinski definition) is 1. The third-order valence-corrected chi connectivity index (χ3v) is 6.86. The molecule has 1 aromatic carbocycles. The van der Waals surface area contributed by atoms with E-state index < -0.39 is 0 Å². The quantitative estimate of drug-likeness (QED) is 0.642. The van der Waals surface area contributed by atoms with E-state index in [1.807, 2.05) is 19.2 Å². The van der Waals surface area contributed by atoms with Crippen molar-refractivity contribution >= 4 is 16.8 Å². The van der Waals surface area contributed by atoms with Crippen LogP contribution in [0.3, 0.4) is 0 Å². The van der Waals surface area contributed by atoms with Gasteiger partial charge in [0.2, 0.25) is 0 Å². The lowest BCUT2D eigenvalue weighted by Gasteiger charge is -2.17. The predicted molar refractivity (Wildman–Crippen MR) is 117 cm³/mol. The molecule has 1 N–H and O–H groups in total. The van der Waals surface area contributed by atoms with Crippen molar-refractivity contribution in [1.29, 1.82) is 0 Å². The molecule has 1 aliphatic heterocycles. The van der Waals surface area contributed by atoms with Gasteiger partial charge in [0, 0.05) is 47.0 Å². The molecule has 1 amide bonds. The monoisotopic (exact) mass is 387 g/mol. The summed E-state index contributed by atoms with van der Waals surface area (Å²) in [7, 11) is 0. The van der Waals surface area contributed by atoms with Crippen LogP contribution < -0.4 is 0 Å². The fourth-order valence-electron chi connectivity index (χ4n) is 5.46. The molecule has 2 atom stereocenters. The number of fused-ring (bicyclic) bond motifs is 2. The van der Waals surface area contributed by atoms with Gasteiger partial charge >= 0.3 is 0 Å². The lowest BCUT2D eigenvalue weighted by atomic mass is 9.95. The fraction of sp³-hybridized carbons (Fsp3) is 0.440. The van der Waals surface area contributed by atoms with Crippen molar-refractivity contribution in [2.75, 3.05) is 13.1 Å². The summed E-state index contributed by atoms with van der Waals surface area (Å²) in [6.45, 7) is 8.33. The van der Waals surface area contributed by atoms with Gasteiger partial charge in [-0.25, -0.2) is 0 Å². The van der Waals surface area contributed by atoms with E-state index in [0.29, 0.717) is 5.92 Å². The van der Waals surface area contributed by atoms with Crippen LogP contribution in [-0.4, -0.2) is 33.9 Å². The SMILES string of the molecule is Cc1cc(-c2[nH]c3ccc(C(=O)N4CC5CCCC5C4)cc3c2C(C)C)ccn1. The molecule has 5 rings (SSSR count). The van der Waals surface area contributed by atoms with Crippen LogP contribution in [0.5, 0.6) is 0 Å². The molecule has 0 spiro atoms. The first-order valence-electron chi connectivity index (χ1n) is 10.9. The number of H-pyrrole nitrogens is 1. The standard InChI is InChI=1S/C25H29N3O/c1-15(2)23-21-12-18(25(29)28-13-19-5-4-6-20(19)14-28)7-8-22(21)27-24(23)17-9-10-26-16(3)11-17/h7-12,15,19-20,27H,4-6,13-14H2,1-3H3. The van der Waals surface area contributed by atoms with Crippen molar-refractivity contribution in [2.24, 2.45) is 11.8 Å². The predicted octanol–water partition coefficient (Wildman–Crippen LogP) is 5.53. The van der Waals surface area contributed by atoms with Gasteiger partial charge in [-0.05, 0) is 73.4 Å². The molecular formula is C25H29N3O. The van der Waals surface area contributed by atoms with Crippen LogP contribution in [0.25, 0.3) is 22.2 Å². The normalized spacial score (nSPS) is 21.3. The molecule has 3 heterocycles. The number of carbonyl (C=O) groups excluding carboxylic acids is 1. The molecule has 29 heavy (non-hydrogen) atoms. The third kappa shape index (κ3) is 3.15. The summed E-state index contributed by atoms with van der Waals surface area (Å²) in [5.41, 5.74) is 6.48. The van der Waals surface area contributed by atoms with Gasteiger partial charge in [-0.1, -0.05) is 20.3 Å². The fourth-order valence-corrected chi connectivity index (χ4v) is 5.46. The van der Waals surface area contributed by atoms with E-state index in [0.717, 1.165) is 58.3 Å². The maximum atomic E-state index is 13.2. The topological polar surface area (TPSA) is 49.0 Å². The van der Waals surface area contributed by atoms with Crippen molar-refractivity contribution in [3.8, 4) is 11.3 Å². The van der Waals surface area contributed by atoms with Gasteiger partial charge in [-0.2, -0.15) is 0 Å². The Balaban J connectivity index is 1.54. The van der Waals surface area contributed by atoms with Crippen molar-refractivity contribution in [1.82, 2.24) is 14.9 Å². The first-order chi connectivity index (χ1) is 14.0. The first kappa shape index (κ1) is 18.4. The van der Waals surface area contributed by atoms with Crippen LogP contribution in [0.15, 0.2) is 36.5 Å². The van der Waals surface area contributed by atoms with E-state index in [2.05, 4.69) is 53.0 Å². The minimum Gasteiger partial charge on any atom is -0.354 e. The van der Waals surface area contributed by atoms with Crippen molar-refractivity contribution in [2.45, 2.75) is 46.0 Å². The molecule has 0 bridgehead atoms. The average Bonchev–Trinajstić information content (AvgIpc) is 3.39. The largest absolute Gasteiger partial charge is 0.354 e. The van der Waals surface area contributed by atoms with E-state index >= 15 is 0 Å². The number of aromatic nitrogens is 2. The average molecular weight is 388 g/mol. The summed E-state index contributed by atoms with van der Waals surface area (Å²) in [4.78, 5) is 23.3. The smallest absolute Gasteiger partial charge is 0.253 e. The van der Waals surface area contributed by atoms with Crippen LogP contribution in [-0.2, 0) is 0 Å². The highest BCUT2D eigenvalue weighted by Crippen LogP contribution is 2.39. The van der Waals surface area contributed by atoms with Crippen molar-refractivity contribution in [3.05, 3.63) is 53.3 Å². The van der Waals surface area contributed by atoms with Crippen LogP contribution in [0.1, 0.15) is 60.6 Å². The number of amides is 1. The molecule has 2 aliphatic rings. The Kier molecular flexibility index (Phi) is 4.45. The molecule has 1 saturated carbocycles. The number of carbonyl (C=O) groups is 1. The highest BCUT2D eigenvalue weighted by molar-refractivity contribution is 6.00. The van der Waals surface area contributed by atoms with E-state index in [-0.39, 0.29) is 5.91 Å².